The zero-order valence-electron chi connectivity index (χ0n) is 12.5. The topological polar surface area (TPSA) is 37.6 Å². The second-order valence-corrected chi connectivity index (χ2v) is 6.25. The molecule has 1 saturated carbocycles. The smallest absolute Gasteiger partial charge is 0.274 e. The second-order valence-electron chi connectivity index (χ2n) is 6.25. The number of imidazole rings is 1. The van der Waals surface area contributed by atoms with Crippen molar-refractivity contribution in [2.75, 3.05) is 6.54 Å². The minimum Gasteiger partial charge on any atom is -0.334 e. The van der Waals surface area contributed by atoms with Crippen molar-refractivity contribution in [3.8, 4) is 0 Å². The lowest BCUT2D eigenvalue weighted by Crippen LogP contribution is -2.35. The molecule has 2 aromatic heterocycles. The van der Waals surface area contributed by atoms with Crippen LogP contribution in [-0.2, 0) is 0 Å². The van der Waals surface area contributed by atoms with Gasteiger partial charge in [-0.1, -0.05) is 13.0 Å². The first kappa shape index (κ1) is 12.9. The van der Waals surface area contributed by atoms with Crippen molar-refractivity contribution < 1.29 is 4.79 Å². The predicted molar refractivity (Wildman–Crippen MR) is 81.5 cm³/mol. The van der Waals surface area contributed by atoms with Gasteiger partial charge in [-0.05, 0) is 44.2 Å². The molecule has 0 N–H and O–H groups in total. The first-order chi connectivity index (χ1) is 10.3. The predicted octanol–water partition coefficient (Wildman–Crippen LogP) is 3.23. The summed E-state index contributed by atoms with van der Waals surface area (Å²) in [6.45, 7) is 3.04. The summed E-state index contributed by atoms with van der Waals surface area (Å²) in [5, 5.41) is 0. The summed E-state index contributed by atoms with van der Waals surface area (Å²) in [4.78, 5) is 19.7. The molecule has 1 aliphatic carbocycles. The van der Waals surface area contributed by atoms with Crippen molar-refractivity contribution in [1.29, 1.82) is 0 Å². The van der Waals surface area contributed by atoms with E-state index >= 15 is 0 Å². The van der Waals surface area contributed by atoms with Gasteiger partial charge in [0.05, 0.1) is 5.52 Å². The lowest BCUT2D eigenvalue weighted by Gasteiger charge is -2.22. The van der Waals surface area contributed by atoms with E-state index in [9.17, 15) is 4.79 Å². The third-order valence-electron chi connectivity index (χ3n) is 4.83. The van der Waals surface area contributed by atoms with Crippen molar-refractivity contribution in [1.82, 2.24) is 14.3 Å². The Kier molecular flexibility index (Phi) is 2.98. The van der Waals surface area contributed by atoms with Gasteiger partial charge in [-0.2, -0.15) is 0 Å². The SMILES string of the molecule is CCC1CCCN1C(=O)c1nc(C2CC2)n2ccccc12. The number of rotatable bonds is 3. The molecule has 0 bridgehead atoms. The average molecular weight is 283 g/mol. The van der Waals surface area contributed by atoms with Gasteiger partial charge in [-0.15, -0.1) is 0 Å². The van der Waals surface area contributed by atoms with Crippen LogP contribution in [0, 0.1) is 0 Å². The molecule has 1 aliphatic heterocycles. The van der Waals surface area contributed by atoms with E-state index in [0.717, 1.165) is 37.1 Å². The molecule has 1 saturated heterocycles. The number of carbonyl (C=O) groups is 1. The number of pyridine rings is 1. The van der Waals surface area contributed by atoms with E-state index in [2.05, 4.69) is 11.3 Å². The van der Waals surface area contributed by atoms with Crippen LogP contribution in [0.1, 0.15) is 61.3 Å². The summed E-state index contributed by atoms with van der Waals surface area (Å²) in [6.07, 6.45) is 7.71. The number of fused-ring (bicyclic) bond motifs is 1. The molecule has 21 heavy (non-hydrogen) atoms. The Morgan fingerprint density at radius 2 is 2.19 bits per heavy atom. The molecule has 4 rings (SSSR count). The van der Waals surface area contributed by atoms with Crippen LogP contribution in [0.4, 0.5) is 0 Å². The van der Waals surface area contributed by atoms with Gasteiger partial charge < -0.3 is 9.30 Å². The lowest BCUT2D eigenvalue weighted by atomic mass is 10.1. The molecule has 1 unspecified atom stereocenters. The number of carbonyl (C=O) groups excluding carboxylic acids is 1. The molecule has 2 fully saturated rings. The van der Waals surface area contributed by atoms with E-state index < -0.39 is 0 Å². The fourth-order valence-electron chi connectivity index (χ4n) is 3.51. The Balaban J connectivity index is 1.77. The van der Waals surface area contributed by atoms with Crippen LogP contribution in [0.2, 0.25) is 0 Å². The fraction of sp³-hybridized carbons (Fsp3) is 0.529. The number of amides is 1. The Bertz CT molecular complexity index is 686. The number of hydrogen-bond donors (Lipinski definition) is 0. The highest BCUT2D eigenvalue weighted by atomic mass is 16.2. The van der Waals surface area contributed by atoms with E-state index in [1.807, 2.05) is 29.3 Å². The third kappa shape index (κ3) is 2.04. The zero-order valence-corrected chi connectivity index (χ0v) is 12.5. The van der Waals surface area contributed by atoms with Crippen LogP contribution in [0.5, 0.6) is 0 Å². The Hall–Kier alpha value is -1.84. The summed E-state index contributed by atoms with van der Waals surface area (Å²) in [7, 11) is 0. The maximum Gasteiger partial charge on any atom is 0.274 e. The summed E-state index contributed by atoms with van der Waals surface area (Å²) < 4.78 is 2.11. The van der Waals surface area contributed by atoms with Crippen LogP contribution >= 0.6 is 0 Å². The number of likely N-dealkylation sites (tertiary alicyclic amines) is 1. The molecule has 4 heteroatoms. The van der Waals surface area contributed by atoms with E-state index in [1.54, 1.807) is 0 Å². The molecule has 0 spiro atoms. The monoisotopic (exact) mass is 283 g/mol. The van der Waals surface area contributed by atoms with Crippen LogP contribution in [0.15, 0.2) is 24.4 Å². The first-order valence-electron chi connectivity index (χ1n) is 8.07. The van der Waals surface area contributed by atoms with Crippen molar-refractivity contribution in [3.05, 3.63) is 35.9 Å². The normalized spacial score (nSPS) is 22.1. The number of nitrogens with zero attached hydrogens (tertiary/aromatic N) is 3. The van der Waals surface area contributed by atoms with Crippen LogP contribution < -0.4 is 0 Å². The molecule has 1 amide bonds. The van der Waals surface area contributed by atoms with Gasteiger partial charge in [0.1, 0.15) is 5.82 Å². The highest BCUT2D eigenvalue weighted by Gasteiger charge is 2.34. The van der Waals surface area contributed by atoms with Gasteiger partial charge in [0.2, 0.25) is 0 Å². The standard InChI is InChI=1S/C17H21N3O/c1-2-13-6-5-11-19(13)17(21)15-14-7-3-4-10-20(14)16(18-15)12-8-9-12/h3-4,7,10,12-13H,2,5-6,8-9,11H2,1H3. The van der Waals surface area contributed by atoms with Crippen LogP contribution in [0.3, 0.4) is 0 Å². The Morgan fingerprint density at radius 3 is 2.95 bits per heavy atom. The maximum absolute atomic E-state index is 12.9. The van der Waals surface area contributed by atoms with E-state index in [4.69, 9.17) is 4.98 Å². The van der Waals surface area contributed by atoms with Gasteiger partial charge in [0.15, 0.2) is 5.69 Å². The maximum atomic E-state index is 12.9. The molecule has 2 aromatic rings. The van der Waals surface area contributed by atoms with Crippen LogP contribution in [-0.4, -0.2) is 32.8 Å². The van der Waals surface area contributed by atoms with E-state index in [1.165, 1.54) is 12.8 Å². The quantitative estimate of drug-likeness (QED) is 0.867. The fourth-order valence-corrected chi connectivity index (χ4v) is 3.51. The highest BCUT2D eigenvalue weighted by Crippen LogP contribution is 2.40. The van der Waals surface area contributed by atoms with Gasteiger partial charge in [0, 0.05) is 24.7 Å². The van der Waals surface area contributed by atoms with Crippen molar-refractivity contribution in [2.45, 2.75) is 51.0 Å². The molecular formula is C17H21N3O. The average Bonchev–Trinajstić information content (AvgIpc) is 3.13. The minimum absolute atomic E-state index is 0.120. The van der Waals surface area contributed by atoms with Gasteiger partial charge in [-0.25, -0.2) is 4.98 Å². The van der Waals surface area contributed by atoms with Gasteiger partial charge >= 0.3 is 0 Å². The van der Waals surface area contributed by atoms with Crippen molar-refractivity contribution in [3.63, 3.8) is 0 Å². The van der Waals surface area contributed by atoms with Crippen molar-refractivity contribution >= 4 is 11.4 Å². The minimum atomic E-state index is 0.120. The molecule has 3 heterocycles. The van der Waals surface area contributed by atoms with E-state index in [-0.39, 0.29) is 5.91 Å². The largest absolute Gasteiger partial charge is 0.334 e. The van der Waals surface area contributed by atoms with Gasteiger partial charge in [-0.3, -0.25) is 4.79 Å². The first-order valence-corrected chi connectivity index (χ1v) is 8.07. The molecular weight excluding hydrogens is 262 g/mol. The molecule has 0 radical (unpaired) electrons. The second kappa shape index (κ2) is 4.86. The van der Waals surface area contributed by atoms with Gasteiger partial charge in [0.25, 0.3) is 5.91 Å². The molecule has 1 atom stereocenters. The number of aromatic nitrogens is 2. The summed E-state index contributed by atoms with van der Waals surface area (Å²) in [5.74, 6) is 1.73. The zero-order chi connectivity index (χ0) is 14.4. The molecule has 110 valence electrons. The number of hydrogen-bond acceptors (Lipinski definition) is 2. The Morgan fingerprint density at radius 1 is 1.33 bits per heavy atom. The van der Waals surface area contributed by atoms with Crippen molar-refractivity contribution in [2.24, 2.45) is 0 Å². The molecule has 4 nitrogen and oxygen atoms in total. The highest BCUT2D eigenvalue weighted by molar-refractivity contribution is 5.99. The Labute approximate surface area is 124 Å². The van der Waals surface area contributed by atoms with Crippen LogP contribution in [0.25, 0.3) is 5.52 Å². The third-order valence-corrected chi connectivity index (χ3v) is 4.83. The lowest BCUT2D eigenvalue weighted by molar-refractivity contribution is 0.0730. The molecule has 2 aliphatic rings. The summed E-state index contributed by atoms with van der Waals surface area (Å²) in [6, 6.07) is 6.41. The summed E-state index contributed by atoms with van der Waals surface area (Å²) >= 11 is 0. The summed E-state index contributed by atoms with van der Waals surface area (Å²) in [5.41, 5.74) is 1.61. The van der Waals surface area contributed by atoms with E-state index in [0.29, 0.717) is 17.7 Å². The molecule has 0 aromatic carbocycles.